The molecule has 0 aliphatic carbocycles. The highest BCUT2D eigenvalue weighted by molar-refractivity contribution is 7.17. The minimum absolute atomic E-state index is 0.0322. The molecule has 1 aliphatic rings. The summed E-state index contributed by atoms with van der Waals surface area (Å²) in [5.74, 6) is -3.34. The summed E-state index contributed by atoms with van der Waals surface area (Å²) in [5.41, 5.74) is 0.782. The van der Waals surface area contributed by atoms with Crippen LogP contribution in [0.25, 0.3) is 0 Å². The molecule has 0 fully saturated rings. The minimum atomic E-state index is -5.08. The molecular formula is C16H12F4N2O3S. The third kappa shape index (κ3) is 3.86. The van der Waals surface area contributed by atoms with Gasteiger partial charge in [0.15, 0.2) is 0 Å². The molecule has 3 rings (SSSR count). The van der Waals surface area contributed by atoms with E-state index in [9.17, 15) is 27.2 Å². The fraction of sp³-hybridized carbons (Fsp3) is 0.250. The summed E-state index contributed by atoms with van der Waals surface area (Å²) in [7, 11) is 0. The third-order valence-electron chi connectivity index (χ3n) is 3.63. The predicted molar refractivity (Wildman–Crippen MR) is 86.7 cm³/mol. The van der Waals surface area contributed by atoms with Crippen molar-refractivity contribution in [3.05, 3.63) is 46.1 Å². The summed E-state index contributed by atoms with van der Waals surface area (Å²) in [4.78, 5) is 24.5. The van der Waals surface area contributed by atoms with Gasteiger partial charge in [-0.2, -0.15) is 13.2 Å². The minimum Gasteiger partial charge on any atom is -0.376 e. The molecular weight excluding hydrogens is 376 g/mol. The summed E-state index contributed by atoms with van der Waals surface area (Å²) in [6.07, 6.45) is -4.74. The summed E-state index contributed by atoms with van der Waals surface area (Å²) >= 11 is 0.870. The molecule has 0 atom stereocenters. The summed E-state index contributed by atoms with van der Waals surface area (Å²) < 4.78 is 55.9. The van der Waals surface area contributed by atoms with E-state index in [0.29, 0.717) is 23.5 Å². The van der Waals surface area contributed by atoms with Gasteiger partial charge in [0.2, 0.25) is 0 Å². The van der Waals surface area contributed by atoms with E-state index in [1.165, 1.54) is 12.1 Å². The monoisotopic (exact) mass is 388 g/mol. The maximum Gasteiger partial charge on any atom is 0.471 e. The van der Waals surface area contributed by atoms with Gasteiger partial charge < -0.3 is 15.4 Å². The van der Waals surface area contributed by atoms with Crippen LogP contribution in [0.4, 0.5) is 28.3 Å². The normalized spacial score (nSPS) is 13.8. The molecule has 0 unspecified atom stereocenters. The predicted octanol–water partition coefficient (Wildman–Crippen LogP) is 3.71. The van der Waals surface area contributed by atoms with Crippen LogP contribution in [0.2, 0.25) is 0 Å². The number of alkyl halides is 3. The lowest BCUT2D eigenvalue weighted by Crippen LogP contribution is -2.30. The van der Waals surface area contributed by atoms with E-state index in [0.717, 1.165) is 23.5 Å². The van der Waals surface area contributed by atoms with Crippen LogP contribution in [0.5, 0.6) is 0 Å². The molecule has 2 aromatic rings. The fourth-order valence-electron chi connectivity index (χ4n) is 2.46. The molecule has 2 heterocycles. The number of fused-ring (bicyclic) bond motifs is 1. The lowest BCUT2D eigenvalue weighted by Gasteiger charge is -2.14. The zero-order chi connectivity index (χ0) is 18.9. The zero-order valence-corrected chi connectivity index (χ0v) is 13.9. The number of carbonyl (C=O) groups excluding carboxylic acids is 2. The Morgan fingerprint density at radius 3 is 2.46 bits per heavy atom. The van der Waals surface area contributed by atoms with Gasteiger partial charge in [-0.3, -0.25) is 9.59 Å². The van der Waals surface area contributed by atoms with Gasteiger partial charge in [-0.05, 0) is 36.2 Å². The second kappa shape index (κ2) is 7.04. The topological polar surface area (TPSA) is 67.4 Å². The first kappa shape index (κ1) is 18.3. The van der Waals surface area contributed by atoms with Crippen molar-refractivity contribution >= 4 is 33.8 Å². The smallest absolute Gasteiger partial charge is 0.376 e. The molecule has 138 valence electrons. The van der Waals surface area contributed by atoms with Crippen molar-refractivity contribution < 1.29 is 31.9 Å². The van der Waals surface area contributed by atoms with E-state index in [2.05, 4.69) is 5.32 Å². The molecule has 0 saturated heterocycles. The largest absolute Gasteiger partial charge is 0.471 e. The van der Waals surface area contributed by atoms with Gasteiger partial charge in [0.05, 0.1) is 18.8 Å². The van der Waals surface area contributed by atoms with Crippen molar-refractivity contribution in [3.8, 4) is 0 Å². The Balaban J connectivity index is 1.93. The van der Waals surface area contributed by atoms with E-state index < -0.39 is 23.8 Å². The number of hydrogen-bond acceptors (Lipinski definition) is 4. The lowest BCUT2D eigenvalue weighted by molar-refractivity contribution is -0.167. The maximum absolute atomic E-state index is 13.0. The lowest BCUT2D eigenvalue weighted by atomic mass is 10.0. The molecule has 0 spiro atoms. The van der Waals surface area contributed by atoms with Crippen LogP contribution < -0.4 is 10.6 Å². The first-order valence-electron chi connectivity index (χ1n) is 7.43. The fourth-order valence-corrected chi connectivity index (χ4v) is 3.64. The van der Waals surface area contributed by atoms with Gasteiger partial charge in [-0.25, -0.2) is 4.39 Å². The van der Waals surface area contributed by atoms with Gasteiger partial charge in [0.1, 0.15) is 10.8 Å². The molecule has 1 aliphatic heterocycles. The molecule has 5 nitrogen and oxygen atoms in total. The number of hydrogen-bond donors (Lipinski definition) is 2. The van der Waals surface area contributed by atoms with Crippen LogP contribution in [0, 0.1) is 5.82 Å². The van der Waals surface area contributed by atoms with Crippen molar-refractivity contribution in [1.29, 1.82) is 0 Å². The Labute approximate surface area is 149 Å². The number of thiophene rings is 1. The van der Waals surface area contributed by atoms with Crippen molar-refractivity contribution in [3.63, 3.8) is 0 Å². The number of ether oxygens (including phenoxy) is 1. The highest BCUT2D eigenvalue weighted by Gasteiger charge is 2.40. The molecule has 2 N–H and O–H groups in total. The maximum atomic E-state index is 13.0. The van der Waals surface area contributed by atoms with E-state index in [-0.39, 0.29) is 22.9 Å². The van der Waals surface area contributed by atoms with Crippen LogP contribution in [-0.2, 0) is 22.6 Å². The van der Waals surface area contributed by atoms with Gasteiger partial charge >= 0.3 is 12.1 Å². The van der Waals surface area contributed by atoms with Crippen LogP contribution in [0.15, 0.2) is 24.3 Å². The van der Waals surface area contributed by atoms with Crippen molar-refractivity contribution in [2.45, 2.75) is 19.2 Å². The molecule has 1 aromatic carbocycles. The second-order valence-electron chi connectivity index (χ2n) is 5.42. The van der Waals surface area contributed by atoms with E-state index in [1.807, 2.05) is 0 Å². The molecule has 0 radical (unpaired) electrons. The highest BCUT2D eigenvalue weighted by Crippen LogP contribution is 2.37. The Bertz CT molecular complexity index is 846. The molecule has 26 heavy (non-hydrogen) atoms. The van der Waals surface area contributed by atoms with Gasteiger partial charge in [-0.1, -0.05) is 0 Å². The average Bonchev–Trinajstić information content (AvgIpc) is 2.94. The van der Waals surface area contributed by atoms with Crippen molar-refractivity contribution in [1.82, 2.24) is 0 Å². The number of halogens is 4. The Kier molecular flexibility index (Phi) is 4.97. The van der Waals surface area contributed by atoms with Crippen molar-refractivity contribution in [2.24, 2.45) is 0 Å². The zero-order valence-electron chi connectivity index (χ0n) is 13.1. The molecule has 10 heteroatoms. The van der Waals surface area contributed by atoms with Crippen LogP contribution in [0.3, 0.4) is 0 Å². The summed E-state index contributed by atoms with van der Waals surface area (Å²) in [6.45, 7) is 0.464. The van der Waals surface area contributed by atoms with Crippen molar-refractivity contribution in [2.75, 3.05) is 17.2 Å². The number of anilines is 2. The standard InChI is InChI=1S/C16H12F4N2O3S/c17-8-1-3-9(4-2-8)21-13(23)12-10-5-6-25-7-11(10)26-14(12)22-15(24)16(18,19)20/h1-4H,5-7H2,(H,21,23)(H,22,24). The Hall–Kier alpha value is -2.46. The van der Waals surface area contributed by atoms with Crippen LogP contribution in [-0.4, -0.2) is 24.6 Å². The molecule has 1 aromatic heterocycles. The number of nitrogens with one attached hydrogen (secondary N) is 2. The van der Waals surface area contributed by atoms with Gasteiger partial charge in [0.25, 0.3) is 5.91 Å². The first-order valence-corrected chi connectivity index (χ1v) is 8.24. The number of benzene rings is 1. The average molecular weight is 388 g/mol. The third-order valence-corrected chi connectivity index (χ3v) is 4.75. The van der Waals surface area contributed by atoms with E-state index >= 15 is 0 Å². The highest BCUT2D eigenvalue weighted by atomic mass is 32.1. The van der Waals surface area contributed by atoms with E-state index in [4.69, 9.17) is 4.74 Å². The quantitative estimate of drug-likeness (QED) is 0.788. The SMILES string of the molecule is O=C(Nc1ccc(F)cc1)c1c(NC(=O)C(F)(F)F)sc2c1CCOC2. The first-order chi connectivity index (χ1) is 12.3. The van der Waals surface area contributed by atoms with E-state index in [1.54, 1.807) is 5.32 Å². The number of rotatable bonds is 3. The van der Waals surface area contributed by atoms with Crippen LogP contribution in [0.1, 0.15) is 20.8 Å². The number of carbonyl (C=O) groups is 2. The number of amides is 2. The van der Waals surface area contributed by atoms with Gasteiger partial charge in [-0.15, -0.1) is 11.3 Å². The molecule has 0 saturated carbocycles. The molecule has 2 amide bonds. The second-order valence-corrected chi connectivity index (χ2v) is 6.53. The summed E-state index contributed by atoms with van der Waals surface area (Å²) in [6, 6.07) is 4.92. The Morgan fingerprint density at radius 1 is 1.12 bits per heavy atom. The summed E-state index contributed by atoms with van der Waals surface area (Å²) in [5, 5.41) is 4.07. The van der Waals surface area contributed by atoms with Gasteiger partial charge in [0, 0.05) is 10.6 Å². The van der Waals surface area contributed by atoms with Crippen LogP contribution >= 0.6 is 11.3 Å². The Morgan fingerprint density at radius 2 is 1.81 bits per heavy atom. The molecule has 0 bridgehead atoms.